The van der Waals surface area contributed by atoms with E-state index in [1.165, 1.54) is 6.92 Å². The number of rotatable bonds is 4. The monoisotopic (exact) mass is 240 g/mol. The van der Waals surface area contributed by atoms with E-state index in [9.17, 15) is 14.4 Å². The van der Waals surface area contributed by atoms with Gasteiger partial charge in [0.15, 0.2) is 0 Å². The summed E-state index contributed by atoms with van der Waals surface area (Å²) in [7, 11) is 0. The molecule has 0 spiro atoms. The summed E-state index contributed by atoms with van der Waals surface area (Å²) >= 11 is 0. The number of amides is 1. The quantitative estimate of drug-likeness (QED) is 0.681. The van der Waals surface area contributed by atoms with Gasteiger partial charge in [-0.05, 0) is 6.42 Å². The number of nitrogens with zero attached hydrogens (tertiary/aromatic N) is 1. The van der Waals surface area contributed by atoms with E-state index < -0.39 is 17.2 Å². The van der Waals surface area contributed by atoms with Crippen LogP contribution in [-0.2, 0) is 11.3 Å². The molecule has 4 N–H and O–H groups in total. The first-order valence-corrected chi connectivity index (χ1v) is 5.37. The first kappa shape index (κ1) is 13.0. The lowest BCUT2D eigenvalue weighted by Gasteiger charge is -2.09. The number of aromatic amines is 1. The summed E-state index contributed by atoms with van der Waals surface area (Å²) in [5.41, 5.74) is 4.27. The third-order valence-corrected chi connectivity index (χ3v) is 2.25. The van der Waals surface area contributed by atoms with Crippen LogP contribution < -0.4 is 22.3 Å². The molecule has 17 heavy (non-hydrogen) atoms. The lowest BCUT2D eigenvalue weighted by Crippen LogP contribution is -2.38. The van der Waals surface area contributed by atoms with Crippen molar-refractivity contribution in [2.45, 2.75) is 33.2 Å². The molecular weight excluding hydrogens is 224 g/mol. The van der Waals surface area contributed by atoms with E-state index in [-0.39, 0.29) is 11.5 Å². The molecule has 0 aliphatic heterocycles. The fourth-order valence-corrected chi connectivity index (χ4v) is 1.40. The number of nitrogens with one attached hydrogen (secondary N) is 2. The molecule has 0 atom stereocenters. The van der Waals surface area contributed by atoms with Crippen molar-refractivity contribution in [3.63, 3.8) is 0 Å². The van der Waals surface area contributed by atoms with E-state index in [1.54, 1.807) is 0 Å². The predicted molar refractivity (Wildman–Crippen MR) is 64.9 cm³/mol. The fraction of sp³-hybridized carbons (Fsp3) is 0.500. The predicted octanol–water partition coefficient (Wildman–Crippen LogP) is -0.123. The average Bonchev–Trinajstić information content (AvgIpc) is 2.23. The van der Waals surface area contributed by atoms with Gasteiger partial charge in [0.2, 0.25) is 5.91 Å². The van der Waals surface area contributed by atoms with Crippen LogP contribution in [0.5, 0.6) is 0 Å². The molecule has 0 aliphatic rings. The first-order valence-electron chi connectivity index (χ1n) is 5.37. The topological polar surface area (TPSA) is 110 Å². The Morgan fingerprint density at radius 3 is 2.65 bits per heavy atom. The summed E-state index contributed by atoms with van der Waals surface area (Å²) in [6.07, 6.45) is 1.55. The van der Waals surface area contributed by atoms with E-state index in [0.717, 1.165) is 11.0 Å². The smallest absolute Gasteiger partial charge is 0.330 e. The van der Waals surface area contributed by atoms with Crippen LogP contribution >= 0.6 is 0 Å². The van der Waals surface area contributed by atoms with E-state index in [4.69, 9.17) is 5.73 Å². The highest BCUT2D eigenvalue weighted by Crippen LogP contribution is 2.06. The molecule has 0 aliphatic carbocycles. The lowest BCUT2D eigenvalue weighted by atomic mass is 10.3. The molecule has 94 valence electrons. The Labute approximate surface area is 97.6 Å². The SMILES string of the molecule is CCCCn1c(=O)[nH]c(N)c(NC(C)=O)c1=O. The Kier molecular flexibility index (Phi) is 4.08. The normalized spacial score (nSPS) is 10.2. The van der Waals surface area contributed by atoms with Gasteiger partial charge in [0.25, 0.3) is 5.56 Å². The number of anilines is 2. The van der Waals surface area contributed by atoms with Crippen molar-refractivity contribution in [3.8, 4) is 0 Å². The van der Waals surface area contributed by atoms with Gasteiger partial charge in [0.1, 0.15) is 11.5 Å². The molecule has 7 nitrogen and oxygen atoms in total. The highest BCUT2D eigenvalue weighted by Gasteiger charge is 2.12. The molecular formula is C10H16N4O3. The van der Waals surface area contributed by atoms with Gasteiger partial charge in [-0.25, -0.2) is 4.79 Å². The number of H-pyrrole nitrogens is 1. The van der Waals surface area contributed by atoms with Crippen LogP contribution in [0.2, 0.25) is 0 Å². The van der Waals surface area contributed by atoms with Crippen molar-refractivity contribution in [2.24, 2.45) is 0 Å². The molecule has 1 aromatic rings. The minimum Gasteiger partial charge on any atom is -0.383 e. The van der Waals surface area contributed by atoms with Gasteiger partial charge in [-0.2, -0.15) is 0 Å². The lowest BCUT2D eigenvalue weighted by molar-refractivity contribution is -0.114. The van der Waals surface area contributed by atoms with Gasteiger partial charge in [-0.1, -0.05) is 13.3 Å². The zero-order valence-corrected chi connectivity index (χ0v) is 9.87. The molecule has 7 heteroatoms. The van der Waals surface area contributed by atoms with Crippen molar-refractivity contribution in [2.75, 3.05) is 11.1 Å². The molecule has 0 unspecified atom stereocenters. The molecule has 1 amide bonds. The fourth-order valence-electron chi connectivity index (χ4n) is 1.40. The number of carbonyl (C=O) groups is 1. The molecule has 0 saturated carbocycles. The van der Waals surface area contributed by atoms with Crippen LogP contribution in [0.4, 0.5) is 11.5 Å². The van der Waals surface area contributed by atoms with Gasteiger partial charge in [0, 0.05) is 13.5 Å². The molecule has 0 saturated heterocycles. The summed E-state index contributed by atoms with van der Waals surface area (Å²) in [4.78, 5) is 36.7. The minimum atomic E-state index is -0.574. The minimum absolute atomic E-state index is 0.0757. The van der Waals surface area contributed by atoms with Crippen LogP contribution in [0.15, 0.2) is 9.59 Å². The van der Waals surface area contributed by atoms with Gasteiger partial charge in [0.05, 0.1) is 0 Å². The molecule has 0 bridgehead atoms. The zero-order chi connectivity index (χ0) is 13.0. The van der Waals surface area contributed by atoms with E-state index >= 15 is 0 Å². The summed E-state index contributed by atoms with van der Waals surface area (Å²) in [5, 5.41) is 2.32. The third-order valence-electron chi connectivity index (χ3n) is 2.25. The summed E-state index contributed by atoms with van der Waals surface area (Å²) in [5.74, 6) is -0.536. The van der Waals surface area contributed by atoms with Crippen LogP contribution in [0.3, 0.4) is 0 Å². The summed E-state index contributed by atoms with van der Waals surface area (Å²) < 4.78 is 1.03. The molecule has 1 aromatic heterocycles. The van der Waals surface area contributed by atoms with Crippen molar-refractivity contribution in [1.82, 2.24) is 9.55 Å². The van der Waals surface area contributed by atoms with Gasteiger partial charge in [-0.3, -0.25) is 19.1 Å². The number of hydrogen-bond acceptors (Lipinski definition) is 4. The largest absolute Gasteiger partial charge is 0.383 e. The number of unbranched alkanes of at least 4 members (excludes halogenated alkanes) is 1. The van der Waals surface area contributed by atoms with E-state index in [1.807, 2.05) is 6.92 Å². The molecule has 0 radical (unpaired) electrons. The highest BCUT2D eigenvalue weighted by molar-refractivity contribution is 5.90. The van der Waals surface area contributed by atoms with Crippen LogP contribution in [0, 0.1) is 0 Å². The number of nitrogen functional groups attached to an aromatic ring is 1. The zero-order valence-electron chi connectivity index (χ0n) is 9.87. The Morgan fingerprint density at radius 1 is 1.47 bits per heavy atom. The highest BCUT2D eigenvalue weighted by atomic mass is 16.2. The van der Waals surface area contributed by atoms with Crippen molar-refractivity contribution in [3.05, 3.63) is 20.8 Å². The van der Waals surface area contributed by atoms with Crippen LogP contribution in [0.1, 0.15) is 26.7 Å². The molecule has 1 rings (SSSR count). The second kappa shape index (κ2) is 5.33. The second-order valence-corrected chi connectivity index (χ2v) is 3.71. The Morgan fingerprint density at radius 2 is 2.12 bits per heavy atom. The molecule has 1 heterocycles. The molecule has 0 fully saturated rings. The standard InChI is InChI=1S/C10H16N4O3/c1-3-4-5-14-9(16)7(12-6(2)15)8(11)13-10(14)17/h3-5,11H2,1-2H3,(H,12,15)(H,13,17). The van der Waals surface area contributed by atoms with Crippen LogP contribution in [-0.4, -0.2) is 15.5 Å². The van der Waals surface area contributed by atoms with Crippen molar-refractivity contribution >= 4 is 17.4 Å². The number of nitrogens with two attached hydrogens (primary N) is 1. The van der Waals surface area contributed by atoms with Gasteiger partial charge in [-0.15, -0.1) is 0 Å². The van der Waals surface area contributed by atoms with E-state index in [0.29, 0.717) is 13.0 Å². The second-order valence-electron chi connectivity index (χ2n) is 3.71. The number of carbonyl (C=O) groups excluding carboxylic acids is 1. The maximum absolute atomic E-state index is 11.9. The van der Waals surface area contributed by atoms with Crippen molar-refractivity contribution < 1.29 is 4.79 Å². The van der Waals surface area contributed by atoms with Crippen LogP contribution in [0.25, 0.3) is 0 Å². The Balaban J connectivity index is 3.27. The third kappa shape index (κ3) is 2.96. The summed E-state index contributed by atoms with van der Waals surface area (Å²) in [6, 6.07) is 0. The molecule has 0 aromatic carbocycles. The maximum atomic E-state index is 11.9. The van der Waals surface area contributed by atoms with E-state index in [2.05, 4.69) is 10.3 Å². The van der Waals surface area contributed by atoms with Crippen molar-refractivity contribution in [1.29, 1.82) is 0 Å². The average molecular weight is 240 g/mol. The number of aromatic nitrogens is 2. The first-order chi connectivity index (χ1) is 7.97. The Bertz CT molecular complexity index is 529. The Hall–Kier alpha value is -2.05. The van der Waals surface area contributed by atoms with Gasteiger partial charge >= 0.3 is 5.69 Å². The summed E-state index contributed by atoms with van der Waals surface area (Å²) in [6.45, 7) is 3.52. The van der Waals surface area contributed by atoms with Gasteiger partial charge < -0.3 is 11.1 Å². The number of hydrogen-bond donors (Lipinski definition) is 3. The maximum Gasteiger partial charge on any atom is 0.330 e.